The van der Waals surface area contributed by atoms with E-state index in [1.54, 1.807) is 20.5 Å². The number of ether oxygens (including phenoxy) is 2. The van der Waals surface area contributed by atoms with Crippen molar-refractivity contribution in [3.05, 3.63) is 18.5 Å². The van der Waals surface area contributed by atoms with Crippen molar-refractivity contribution in [3.8, 4) is 11.5 Å². The Bertz CT molecular complexity index is 647. The first kappa shape index (κ1) is 13.9. The maximum atomic E-state index is 5.77. The molecule has 1 aromatic carbocycles. The smallest absolute Gasteiger partial charge is 0.162 e. The van der Waals surface area contributed by atoms with Crippen LogP contribution in [0.2, 0.25) is 0 Å². The van der Waals surface area contributed by atoms with Crippen molar-refractivity contribution in [1.29, 1.82) is 0 Å². The van der Waals surface area contributed by atoms with Crippen molar-refractivity contribution in [3.63, 3.8) is 0 Å². The monoisotopic (exact) mass is 288 g/mol. The van der Waals surface area contributed by atoms with Crippen molar-refractivity contribution >= 4 is 16.7 Å². The molecule has 6 heteroatoms. The fourth-order valence-electron chi connectivity index (χ4n) is 2.84. The van der Waals surface area contributed by atoms with E-state index >= 15 is 0 Å². The molecule has 0 bridgehead atoms. The number of nitrogens with zero attached hydrogens (tertiary/aromatic N) is 3. The van der Waals surface area contributed by atoms with Crippen LogP contribution in [0.15, 0.2) is 18.5 Å². The van der Waals surface area contributed by atoms with Crippen LogP contribution in [-0.4, -0.2) is 43.8 Å². The van der Waals surface area contributed by atoms with Crippen LogP contribution in [0, 0.1) is 5.92 Å². The molecule has 1 aliphatic rings. The van der Waals surface area contributed by atoms with Gasteiger partial charge in [0.05, 0.1) is 19.7 Å². The predicted molar refractivity (Wildman–Crippen MR) is 82.0 cm³/mol. The molecule has 1 aromatic heterocycles. The molecule has 1 atom stereocenters. The third-order valence-electron chi connectivity index (χ3n) is 4.04. The number of anilines is 1. The molecular weight excluding hydrogens is 268 g/mol. The molecule has 1 fully saturated rings. The highest BCUT2D eigenvalue weighted by Crippen LogP contribution is 2.35. The van der Waals surface area contributed by atoms with E-state index < -0.39 is 0 Å². The normalized spacial score (nSPS) is 18.2. The lowest BCUT2D eigenvalue weighted by Gasteiger charge is -2.19. The molecule has 0 amide bonds. The number of hydrogen-bond acceptors (Lipinski definition) is 6. The van der Waals surface area contributed by atoms with Crippen molar-refractivity contribution in [2.45, 2.75) is 6.42 Å². The van der Waals surface area contributed by atoms with Gasteiger partial charge < -0.3 is 20.1 Å². The van der Waals surface area contributed by atoms with E-state index in [-0.39, 0.29) is 0 Å². The van der Waals surface area contributed by atoms with E-state index in [9.17, 15) is 0 Å². The van der Waals surface area contributed by atoms with E-state index in [2.05, 4.69) is 14.9 Å². The van der Waals surface area contributed by atoms with Gasteiger partial charge in [-0.3, -0.25) is 0 Å². The lowest BCUT2D eigenvalue weighted by atomic mass is 10.1. The minimum absolute atomic E-state index is 0.537. The highest BCUT2D eigenvalue weighted by molar-refractivity contribution is 5.92. The summed E-state index contributed by atoms with van der Waals surface area (Å²) in [5.74, 6) is 2.85. The molecule has 0 radical (unpaired) electrons. The number of benzene rings is 1. The summed E-state index contributed by atoms with van der Waals surface area (Å²) in [5.41, 5.74) is 6.63. The molecule has 1 aliphatic heterocycles. The van der Waals surface area contributed by atoms with Crippen LogP contribution in [0.25, 0.3) is 10.9 Å². The predicted octanol–water partition coefficient (Wildman–Crippen LogP) is 1.43. The number of nitrogens with two attached hydrogens (primary N) is 1. The number of methoxy groups -OCH3 is 2. The summed E-state index contributed by atoms with van der Waals surface area (Å²) < 4.78 is 10.7. The van der Waals surface area contributed by atoms with E-state index in [0.717, 1.165) is 42.8 Å². The quantitative estimate of drug-likeness (QED) is 0.917. The summed E-state index contributed by atoms with van der Waals surface area (Å²) in [6.07, 6.45) is 2.70. The first-order chi connectivity index (χ1) is 10.3. The maximum Gasteiger partial charge on any atom is 0.162 e. The molecular formula is C15H20N4O2. The fourth-order valence-corrected chi connectivity index (χ4v) is 2.84. The Morgan fingerprint density at radius 2 is 2.00 bits per heavy atom. The molecule has 3 rings (SSSR count). The minimum atomic E-state index is 0.537. The summed E-state index contributed by atoms with van der Waals surface area (Å²) in [7, 11) is 3.26. The minimum Gasteiger partial charge on any atom is -0.493 e. The van der Waals surface area contributed by atoms with E-state index in [0.29, 0.717) is 17.4 Å². The van der Waals surface area contributed by atoms with Crippen molar-refractivity contribution < 1.29 is 9.47 Å². The Kier molecular flexibility index (Phi) is 3.79. The molecule has 1 saturated heterocycles. The Morgan fingerprint density at radius 1 is 1.24 bits per heavy atom. The van der Waals surface area contributed by atoms with Gasteiger partial charge in [-0.15, -0.1) is 0 Å². The van der Waals surface area contributed by atoms with Crippen LogP contribution in [0.5, 0.6) is 11.5 Å². The second-order valence-corrected chi connectivity index (χ2v) is 5.26. The third-order valence-corrected chi connectivity index (χ3v) is 4.04. The molecule has 0 saturated carbocycles. The molecule has 2 N–H and O–H groups in total. The summed E-state index contributed by atoms with van der Waals surface area (Å²) in [4.78, 5) is 11.1. The summed E-state index contributed by atoms with van der Waals surface area (Å²) >= 11 is 0. The SMILES string of the molecule is COc1cc2ncnc(N3CCC(CN)C3)c2cc1OC. The number of rotatable bonds is 4. The van der Waals surface area contributed by atoms with E-state index in [1.165, 1.54) is 0 Å². The van der Waals surface area contributed by atoms with Gasteiger partial charge in [0.2, 0.25) is 0 Å². The first-order valence-corrected chi connectivity index (χ1v) is 7.08. The third kappa shape index (κ3) is 2.47. The second-order valence-electron chi connectivity index (χ2n) is 5.26. The Labute approximate surface area is 123 Å². The number of aromatic nitrogens is 2. The van der Waals surface area contributed by atoms with Gasteiger partial charge in [0.25, 0.3) is 0 Å². The standard InChI is InChI=1S/C15H20N4O2/c1-20-13-5-11-12(6-14(13)21-2)17-9-18-15(11)19-4-3-10(7-16)8-19/h5-6,9-10H,3-4,7-8,16H2,1-2H3. The van der Waals surface area contributed by atoms with Gasteiger partial charge >= 0.3 is 0 Å². The Hall–Kier alpha value is -2.08. The Morgan fingerprint density at radius 3 is 2.67 bits per heavy atom. The van der Waals surface area contributed by atoms with Crippen molar-refractivity contribution in [1.82, 2.24) is 9.97 Å². The van der Waals surface area contributed by atoms with E-state index in [4.69, 9.17) is 15.2 Å². The zero-order chi connectivity index (χ0) is 14.8. The highest BCUT2D eigenvalue weighted by Gasteiger charge is 2.24. The van der Waals surface area contributed by atoms with Crippen LogP contribution in [0.4, 0.5) is 5.82 Å². The van der Waals surface area contributed by atoms with Gasteiger partial charge in [0.1, 0.15) is 12.1 Å². The van der Waals surface area contributed by atoms with Crippen molar-refractivity contribution in [2.24, 2.45) is 11.7 Å². The molecule has 2 aromatic rings. The maximum absolute atomic E-state index is 5.77. The van der Waals surface area contributed by atoms with Crippen LogP contribution in [0.3, 0.4) is 0 Å². The van der Waals surface area contributed by atoms with Gasteiger partial charge in [-0.25, -0.2) is 9.97 Å². The summed E-state index contributed by atoms with van der Waals surface area (Å²) in [5, 5.41) is 0.979. The van der Waals surface area contributed by atoms with Gasteiger partial charge in [-0.2, -0.15) is 0 Å². The van der Waals surface area contributed by atoms with Crippen LogP contribution < -0.4 is 20.1 Å². The number of fused-ring (bicyclic) bond motifs is 1. The zero-order valence-electron chi connectivity index (χ0n) is 12.4. The van der Waals surface area contributed by atoms with E-state index in [1.807, 2.05) is 12.1 Å². The number of hydrogen-bond donors (Lipinski definition) is 1. The topological polar surface area (TPSA) is 73.5 Å². The van der Waals surface area contributed by atoms with Gasteiger partial charge in [0.15, 0.2) is 11.5 Å². The van der Waals surface area contributed by atoms with Crippen LogP contribution in [-0.2, 0) is 0 Å². The molecule has 0 aliphatic carbocycles. The van der Waals surface area contributed by atoms with Gasteiger partial charge in [0, 0.05) is 24.5 Å². The largest absolute Gasteiger partial charge is 0.493 e. The lowest BCUT2D eigenvalue weighted by molar-refractivity contribution is 0.356. The molecule has 21 heavy (non-hydrogen) atoms. The first-order valence-electron chi connectivity index (χ1n) is 7.08. The second kappa shape index (κ2) is 5.73. The summed E-state index contributed by atoms with van der Waals surface area (Å²) in [6.45, 7) is 2.63. The zero-order valence-corrected chi connectivity index (χ0v) is 12.4. The van der Waals surface area contributed by atoms with Gasteiger partial charge in [-0.1, -0.05) is 0 Å². The fraction of sp³-hybridized carbons (Fsp3) is 0.467. The highest BCUT2D eigenvalue weighted by atomic mass is 16.5. The average Bonchev–Trinajstić information content (AvgIpc) is 3.01. The molecule has 1 unspecified atom stereocenters. The van der Waals surface area contributed by atoms with Crippen LogP contribution in [0.1, 0.15) is 6.42 Å². The molecule has 6 nitrogen and oxygen atoms in total. The van der Waals surface area contributed by atoms with Crippen LogP contribution >= 0.6 is 0 Å². The van der Waals surface area contributed by atoms with Gasteiger partial charge in [-0.05, 0) is 24.9 Å². The lowest BCUT2D eigenvalue weighted by Crippen LogP contribution is -2.23. The summed E-state index contributed by atoms with van der Waals surface area (Å²) in [6, 6.07) is 3.83. The molecule has 2 heterocycles. The molecule has 112 valence electrons. The Balaban J connectivity index is 2.07. The molecule has 0 spiro atoms. The van der Waals surface area contributed by atoms with Crippen molar-refractivity contribution in [2.75, 3.05) is 38.8 Å². The average molecular weight is 288 g/mol.